The first kappa shape index (κ1) is 99.6. The zero-order chi connectivity index (χ0) is 66.6. The average molecular weight is 1110 g/mol. The summed E-state index contributed by atoms with van der Waals surface area (Å²) in [5.74, 6) is 6.26. The minimum absolute atomic E-state index is 0.0694. The topological polar surface area (TPSA) is 0 Å². The molecule has 484 valence electrons. The minimum Gasteiger partial charge on any atom is -0.120 e. The Kier molecular flexibility index (Phi) is 55.2. The van der Waals surface area contributed by atoms with E-state index in [9.17, 15) is 0 Å². The van der Waals surface area contributed by atoms with E-state index in [0.717, 1.165) is 23.7 Å². The van der Waals surface area contributed by atoms with Crippen molar-refractivity contribution in [1.29, 1.82) is 0 Å². The van der Waals surface area contributed by atoms with Crippen molar-refractivity contribution in [3.63, 3.8) is 0 Å². The van der Waals surface area contributed by atoms with Gasteiger partial charge in [-0.25, -0.2) is 0 Å². The largest absolute Gasteiger partial charge is 0.120 e. The van der Waals surface area contributed by atoms with E-state index < -0.39 is 0 Å². The number of rotatable bonds is 1. The second-order valence-electron chi connectivity index (χ2n) is 41.6. The zero-order valence-corrected chi connectivity index (χ0v) is 66.0. The molecule has 2 saturated carbocycles. The predicted molar refractivity (Wildman–Crippen MR) is 379 cm³/mol. The Morgan fingerprint density at radius 3 is 0.500 bits per heavy atom. The fourth-order valence-electron chi connectivity index (χ4n) is 4.99. The molecule has 0 heterocycles. The van der Waals surface area contributed by atoms with Crippen LogP contribution >= 0.6 is 0 Å². The second kappa shape index (κ2) is 43.2. The second-order valence-corrected chi connectivity index (χ2v) is 41.6. The summed E-state index contributed by atoms with van der Waals surface area (Å²) >= 11 is 0. The van der Waals surface area contributed by atoms with Crippen LogP contribution < -0.4 is 0 Å². The fourth-order valence-corrected chi connectivity index (χ4v) is 4.99. The Labute approximate surface area is 507 Å². The van der Waals surface area contributed by atoms with E-state index in [1.54, 1.807) is 0 Å². The van der Waals surface area contributed by atoms with Crippen molar-refractivity contribution in [3.8, 4) is 12.3 Å². The standard InChI is InChI=1S/C10H20.C9H18.2C8H18.C7H16.C6H10.6C5H12/c1-10(2,3)9-7-5-4-6-8-9;1-9(2,3)8-6-4-5-7-8;1-7(2)6-8(3,4)5;1-7(2,3)8(4,5)6;1-6(2)7(3,4)5;1-5-6(2,3)4;6*1-5(2,3)4/h9H,4-8H2,1-3H3;8H,4-7H2,1-3H3;7H,6H2,1-5H3;1-6H3;6H,1-5H3;1H,2-4H3;6*1-4H3. The summed E-state index contributed by atoms with van der Waals surface area (Å²) in [5, 5.41) is 0. The van der Waals surface area contributed by atoms with Gasteiger partial charge in [0.1, 0.15) is 0 Å². The summed E-state index contributed by atoms with van der Waals surface area (Å²) in [6, 6.07) is 0. The van der Waals surface area contributed by atoms with Crippen LogP contribution in [0, 0.1) is 106 Å². The molecule has 0 N–H and O–H groups in total. The highest BCUT2D eigenvalue weighted by molar-refractivity contribution is 4.97. The molecule has 0 nitrogen and oxygen atoms in total. The quantitative estimate of drug-likeness (QED) is 0.230. The Morgan fingerprint density at radius 1 is 0.308 bits per heavy atom. The van der Waals surface area contributed by atoms with Gasteiger partial charge in [0.2, 0.25) is 0 Å². The maximum absolute atomic E-state index is 5.06. The van der Waals surface area contributed by atoms with Gasteiger partial charge in [-0.2, -0.15) is 0 Å². The van der Waals surface area contributed by atoms with Crippen LogP contribution in [0.3, 0.4) is 0 Å². The third-order valence-electron chi connectivity index (χ3n) is 10.8. The average Bonchev–Trinajstić information content (AvgIpc) is 3.59. The van der Waals surface area contributed by atoms with Crippen molar-refractivity contribution >= 4 is 0 Å². The van der Waals surface area contributed by atoms with Gasteiger partial charge in [0, 0.05) is 5.41 Å². The molecule has 0 amide bonds. The third-order valence-corrected chi connectivity index (χ3v) is 10.8. The first-order valence-electron chi connectivity index (χ1n) is 32.4. The molecular formula is C78H172. The molecular weight excluding hydrogens is 937 g/mol. The normalized spacial score (nSPS) is 14.9. The van der Waals surface area contributed by atoms with Gasteiger partial charge < -0.3 is 0 Å². The van der Waals surface area contributed by atoms with Gasteiger partial charge in [-0.3, -0.25) is 0 Å². The molecule has 0 radical (unpaired) electrons. The molecule has 0 heteroatoms. The molecule has 0 aromatic rings. The first-order chi connectivity index (χ1) is 32.9. The summed E-state index contributed by atoms with van der Waals surface area (Å²) in [5.41, 5.74) is 6.12. The third kappa shape index (κ3) is 171. The van der Waals surface area contributed by atoms with Crippen LogP contribution in [0.5, 0.6) is 0 Å². The van der Waals surface area contributed by atoms with E-state index >= 15 is 0 Å². The highest BCUT2D eigenvalue weighted by atomic mass is 14.3. The first-order valence-corrected chi connectivity index (χ1v) is 32.4. The number of hydrogen-bond acceptors (Lipinski definition) is 0. The van der Waals surface area contributed by atoms with Crippen LogP contribution in [-0.4, -0.2) is 0 Å². The molecule has 0 saturated heterocycles. The van der Waals surface area contributed by atoms with E-state index in [1.165, 1.54) is 64.2 Å². The summed E-state index contributed by atoms with van der Waals surface area (Å²) < 4.78 is 0. The van der Waals surface area contributed by atoms with Crippen LogP contribution in [0.4, 0.5) is 0 Å². The Hall–Kier alpha value is -0.440. The molecule has 0 spiro atoms. The van der Waals surface area contributed by atoms with Gasteiger partial charge in [-0.15, -0.1) is 12.3 Å². The van der Waals surface area contributed by atoms with Crippen LogP contribution in [0.1, 0.15) is 403 Å². The fraction of sp³-hybridized carbons (Fsp3) is 0.974. The van der Waals surface area contributed by atoms with Crippen molar-refractivity contribution in [1.82, 2.24) is 0 Å². The summed E-state index contributed by atoms with van der Waals surface area (Å²) in [6.07, 6.45) is 19.7. The highest BCUT2D eigenvalue weighted by Gasteiger charge is 2.28. The minimum atomic E-state index is 0.0694. The van der Waals surface area contributed by atoms with Crippen LogP contribution in [0.15, 0.2) is 0 Å². The number of terminal acetylenes is 1. The predicted octanol–water partition coefficient (Wildman–Crippen LogP) is 29.7. The van der Waals surface area contributed by atoms with Crippen LogP contribution in [-0.2, 0) is 0 Å². The van der Waals surface area contributed by atoms with Gasteiger partial charge in [0.05, 0.1) is 0 Å². The lowest BCUT2D eigenvalue weighted by Crippen LogP contribution is -2.25. The Morgan fingerprint density at radius 2 is 0.449 bits per heavy atom. The van der Waals surface area contributed by atoms with Crippen LogP contribution in [0.2, 0.25) is 0 Å². The van der Waals surface area contributed by atoms with Crippen molar-refractivity contribution < 1.29 is 0 Å². The lowest BCUT2D eigenvalue weighted by Gasteiger charge is -2.34. The molecule has 0 aliphatic heterocycles. The van der Waals surface area contributed by atoms with Gasteiger partial charge in [-0.1, -0.05) is 351 Å². The smallest absolute Gasteiger partial charge is 0.0227 e. The van der Waals surface area contributed by atoms with Crippen molar-refractivity contribution in [2.75, 3.05) is 0 Å². The molecule has 0 aromatic carbocycles. The SMILES string of the molecule is C#CC(C)(C)C.CC(C)(C)C.CC(C)(C)C.CC(C)(C)C.CC(C)(C)C.CC(C)(C)C.CC(C)(C)C.CC(C)(C)C(C)(C)C.CC(C)(C)C1CCCC1.CC(C)(C)C1CCCCC1.CC(C)C(C)(C)C.CC(C)CC(C)(C)C. The molecule has 0 bridgehead atoms. The molecule has 2 rings (SSSR count). The zero-order valence-electron chi connectivity index (χ0n) is 66.0. The van der Waals surface area contributed by atoms with Crippen molar-refractivity contribution in [2.24, 2.45) is 94.1 Å². The van der Waals surface area contributed by atoms with Crippen LogP contribution in [0.25, 0.3) is 0 Å². The van der Waals surface area contributed by atoms with E-state index in [4.69, 9.17) is 6.42 Å². The van der Waals surface area contributed by atoms with Gasteiger partial charge in [0.15, 0.2) is 0 Å². The maximum Gasteiger partial charge on any atom is 0.0227 e. The summed E-state index contributed by atoms with van der Waals surface area (Å²) in [6.45, 7) is 109. The molecule has 0 atom stereocenters. The molecule has 78 heavy (non-hydrogen) atoms. The van der Waals surface area contributed by atoms with Gasteiger partial charge in [-0.05, 0) is 142 Å². The Balaban J connectivity index is -0.0000000816. The number of hydrogen-bond donors (Lipinski definition) is 0. The summed E-state index contributed by atoms with van der Waals surface area (Å²) in [7, 11) is 0. The Bertz CT molecular complexity index is 1140. The lowest BCUT2D eigenvalue weighted by atomic mass is 9.71. The monoisotopic (exact) mass is 1110 g/mol. The molecule has 2 aliphatic rings. The van der Waals surface area contributed by atoms with E-state index in [0.29, 0.717) is 65.0 Å². The molecule has 2 aliphatic carbocycles. The van der Waals surface area contributed by atoms with Crippen molar-refractivity contribution in [2.45, 2.75) is 403 Å². The van der Waals surface area contributed by atoms with Gasteiger partial charge >= 0.3 is 0 Å². The van der Waals surface area contributed by atoms with Gasteiger partial charge in [0.25, 0.3) is 0 Å². The molecule has 0 unspecified atom stereocenters. The summed E-state index contributed by atoms with van der Waals surface area (Å²) in [4.78, 5) is 0. The van der Waals surface area contributed by atoms with Crippen molar-refractivity contribution in [3.05, 3.63) is 0 Å². The molecule has 0 aromatic heterocycles. The van der Waals surface area contributed by atoms with E-state index in [-0.39, 0.29) is 5.41 Å². The maximum atomic E-state index is 5.06. The van der Waals surface area contributed by atoms with E-state index in [1.807, 2.05) is 20.8 Å². The highest BCUT2D eigenvalue weighted by Crippen LogP contribution is 2.39. The lowest BCUT2D eigenvalue weighted by molar-refractivity contribution is 0.157. The van der Waals surface area contributed by atoms with E-state index in [2.05, 4.69) is 324 Å². The molecule has 2 fully saturated rings.